The first-order valence-electron chi connectivity index (χ1n) is 11.5. The molecule has 4 rings (SSSR count). The van der Waals surface area contributed by atoms with Crippen molar-refractivity contribution in [2.45, 2.75) is 44.8 Å². The van der Waals surface area contributed by atoms with Crippen LogP contribution in [0.1, 0.15) is 54.4 Å². The number of aryl methyl sites for hydroxylation is 1. The molecule has 0 saturated heterocycles. The summed E-state index contributed by atoms with van der Waals surface area (Å²) in [7, 11) is 0. The molecule has 1 aliphatic rings. The number of phenols is 1. The highest BCUT2D eigenvalue weighted by molar-refractivity contribution is 5.48. The van der Waals surface area contributed by atoms with Gasteiger partial charge in [-0.15, -0.1) is 0 Å². The maximum absolute atomic E-state index is 10.0. The Morgan fingerprint density at radius 2 is 1.59 bits per heavy atom. The Morgan fingerprint density at radius 3 is 2.28 bits per heavy atom. The largest absolute Gasteiger partial charge is 0.508 e. The average molecular weight is 433 g/mol. The number of rotatable bonds is 9. The molecule has 0 saturated carbocycles. The molecule has 3 aromatic rings. The number of ether oxygens (including phenoxy) is 3. The van der Waals surface area contributed by atoms with Crippen LogP contribution in [0.3, 0.4) is 0 Å². The first kappa shape index (κ1) is 22.4. The third-order valence-electron chi connectivity index (χ3n) is 6.15. The van der Waals surface area contributed by atoms with Gasteiger partial charge in [0.25, 0.3) is 0 Å². The first-order chi connectivity index (χ1) is 15.7. The van der Waals surface area contributed by atoms with E-state index in [1.807, 2.05) is 32.0 Å². The van der Waals surface area contributed by atoms with Crippen LogP contribution in [0.25, 0.3) is 0 Å². The Balaban J connectivity index is 1.59. The lowest BCUT2D eigenvalue weighted by molar-refractivity contribution is -0.152. The molecule has 168 valence electrons. The molecule has 4 nitrogen and oxygen atoms in total. The number of phenolic OH excluding ortho intramolecular Hbond substituents is 1. The van der Waals surface area contributed by atoms with E-state index < -0.39 is 0 Å². The molecule has 1 aliphatic carbocycles. The normalized spacial score (nSPS) is 17.8. The number of fused-ring (bicyclic) bond motifs is 1. The Hall–Kier alpha value is -2.82. The molecule has 0 bridgehead atoms. The number of hydrogen-bond donors (Lipinski definition) is 1. The fourth-order valence-electron chi connectivity index (χ4n) is 4.73. The summed E-state index contributed by atoms with van der Waals surface area (Å²) in [4.78, 5) is 0. The summed E-state index contributed by atoms with van der Waals surface area (Å²) in [6, 6.07) is 24.9. The minimum Gasteiger partial charge on any atom is -0.508 e. The van der Waals surface area contributed by atoms with Crippen molar-refractivity contribution < 1.29 is 19.3 Å². The van der Waals surface area contributed by atoms with E-state index in [-0.39, 0.29) is 12.2 Å². The highest BCUT2D eigenvalue weighted by Gasteiger charge is 2.32. The second-order valence-corrected chi connectivity index (χ2v) is 8.14. The predicted molar refractivity (Wildman–Crippen MR) is 126 cm³/mol. The highest BCUT2D eigenvalue weighted by atomic mass is 16.7. The summed E-state index contributed by atoms with van der Waals surface area (Å²) in [6.45, 7) is 5.44. The molecule has 0 aliphatic heterocycles. The van der Waals surface area contributed by atoms with Gasteiger partial charge in [-0.2, -0.15) is 0 Å². The van der Waals surface area contributed by atoms with Gasteiger partial charge >= 0.3 is 0 Å². The summed E-state index contributed by atoms with van der Waals surface area (Å²) in [5.74, 6) is 1.76. The first-order valence-corrected chi connectivity index (χ1v) is 11.5. The van der Waals surface area contributed by atoms with E-state index in [1.54, 1.807) is 6.07 Å². The van der Waals surface area contributed by atoms with Gasteiger partial charge in [-0.25, -0.2) is 0 Å². The van der Waals surface area contributed by atoms with Crippen LogP contribution >= 0.6 is 0 Å². The van der Waals surface area contributed by atoms with E-state index >= 15 is 0 Å². The molecular formula is C28H32O4. The molecule has 2 atom stereocenters. The summed E-state index contributed by atoms with van der Waals surface area (Å²) < 4.78 is 17.1. The van der Waals surface area contributed by atoms with Crippen LogP contribution in [0.4, 0.5) is 0 Å². The number of aromatic hydroxyl groups is 1. The van der Waals surface area contributed by atoms with Crippen LogP contribution in [-0.2, 0) is 15.9 Å². The molecule has 0 fully saturated rings. The van der Waals surface area contributed by atoms with Gasteiger partial charge < -0.3 is 19.3 Å². The van der Waals surface area contributed by atoms with Crippen LogP contribution in [0.15, 0.2) is 72.8 Å². The molecule has 0 aromatic heterocycles. The van der Waals surface area contributed by atoms with Crippen LogP contribution < -0.4 is 4.74 Å². The molecule has 0 heterocycles. The molecule has 0 radical (unpaired) electrons. The zero-order valence-corrected chi connectivity index (χ0v) is 18.9. The van der Waals surface area contributed by atoms with Crippen molar-refractivity contribution in [3.05, 3.63) is 95.1 Å². The van der Waals surface area contributed by atoms with Crippen molar-refractivity contribution in [1.29, 1.82) is 0 Å². The Labute approximate surface area is 190 Å². The molecular weight excluding hydrogens is 400 g/mol. The van der Waals surface area contributed by atoms with Gasteiger partial charge in [-0.05, 0) is 79.1 Å². The van der Waals surface area contributed by atoms with Gasteiger partial charge in [0.05, 0.1) is 0 Å². The average Bonchev–Trinajstić information content (AvgIpc) is 2.83. The molecule has 1 N–H and O–H groups in total. The van der Waals surface area contributed by atoms with Crippen molar-refractivity contribution in [1.82, 2.24) is 0 Å². The summed E-state index contributed by atoms with van der Waals surface area (Å²) >= 11 is 0. The number of hydrogen-bond acceptors (Lipinski definition) is 4. The van der Waals surface area contributed by atoms with E-state index in [1.165, 1.54) is 22.3 Å². The summed E-state index contributed by atoms with van der Waals surface area (Å²) in [5.41, 5.74) is 5.14. The fraction of sp³-hybridized carbons (Fsp3) is 0.357. The standard InChI is InChI=1S/C28H32O4/c1-3-30-27(31-4-2)19-32-24-14-10-21(11-15-24)28-25(20-8-6-5-7-9-20)16-12-22-18-23(29)13-17-26(22)28/h5-11,13-15,17-18,25,27-29H,3-4,12,16,19H2,1-2H3/t25-,28+/m0/s1. The molecule has 0 unspecified atom stereocenters. The van der Waals surface area contributed by atoms with Gasteiger partial charge in [0.1, 0.15) is 18.1 Å². The third kappa shape index (κ3) is 5.14. The van der Waals surface area contributed by atoms with E-state index in [2.05, 4.69) is 48.5 Å². The lowest BCUT2D eigenvalue weighted by atomic mass is 9.69. The summed E-state index contributed by atoms with van der Waals surface area (Å²) in [6.07, 6.45) is 1.66. The van der Waals surface area contributed by atoms with Gasteiger partial charge in [0.15, 0.2) is 6.29 Å². The van der Waals surface area contributed by atoms with E-state index in [0.29, 0.717) is 31.5 Å². The second kappa shape index (κ2) is 10.7. The maximum atomic E-state index is 10.0. The van der Waals surface area contributed by atoms with Crippen molar-refractivity contribution in [2.75, 3.05) is 19.8 Å². The van der Waals surface area contributed by atoms with Gasteiger partial charge in [0, 0.05) is 19.1 Å². The zero-order chi connectivity index (χ0) is 22.3. The lowest BCUT2D eigenvalue weighted by Gasteiger charge is -2.35. The molecule has 3 aromatic carbocycles. The van der Waals surface area contributed by atoms with Crippen molar-refractivity contribution in [3.63, 3.8) is 0 Å². The molecule has 32 heavy (non-hydrogen) atoms. The van der Waals surface area contributed by atoms with Crippen LogP contribution in [0.2, 0.25) is 0 Å². The van der Waals surface area contributed by atoms with Gasteiger partial charge in [0.2, 0.25) is 0 Å². The smallest absolute Gasteiger partial charge is 0.191 e. The van der Waals surface area contributed by atoms with Crippen molar-refractivity contribution in [2.24, 2.45) is 0 Å². The molecule has 0 amide bonds. The topological polar surface area (TPSA) is 47.9 Å². The summed E-state index contributed by atoms with van der Waals surface area (Å²) in [5, 5.41) is 10.0. The minimum atomic E-state index is -0.356. The van der Waals surface area contributed by atoms with Crippen LogP contribution in [-0.4, -0.2) is 31.2 Å². The Morgan fingerprint density at radius 1 is 0.875 bits per heavy atom. The monoisotopic (exact) mass is 432 g/mol. The minimum absolute atomic E-state index is 0.232. The zero-order valence-electron chi connectivity index (χ0n) is 18.9. The van der Waals surface area contributed by atoms with Crippen molar-refractivity contribution in [3.8, 4) is 11.5 Å². The Bertz CT molecular complexity index is 978. The molecule has 4 heteroatoms. The predicted octanol–water partition coefficient (Wildman–Crippen LogP) is 6.03. The van der Waals surface area contributed by atoms with Gasteiger partial charge in [-0.3, -0.25) is 0 Å². The van der Waals surface area contributed by atoms with Crippen LogP contribution in [0.5, 0.6) is 11.5 Å². The third-order valence-corrected chi connectivity index (χ3v) is 6.15. The highest BCUT2D eigenvalue weighted by Crippen LogP contribution is 2.47. The van der Waals surface area contributed by atoms with Crippen molar-refractivity contribution >= 4 is 0 Å². The van der Waals surface area contributed by atoms with Crippen LogP contribution in [0, 0.1) is 0 Å². The quantitative estimate of drug-likeness (QED) is 0.419. The van der Waals surface area contributed by atoms with Gasteiger partial charge in [-0.1, -0.05) is 48.5 Å². The maximum Gasteiger partial charge on any atom is 0.191 e. The van der Waals surface area contributed by atoms with E-state index in [9.17, 15) is 5.11 Å². The number of benzene rings is 3. The fourth-order valence-corrected chi connectivity index (χ4v) is 4.73. The Kier molecular flexibility index (Phi) is 7.46. The van der Waals surface area contributed by atoms with E-state index in [4.69, 9.17) is 14.2 Å². The molecule has 0 spiro atoms. The van der Waals surface area contributed by atoms with E-state index in [0.717, 1.165) is 18.6 Å². The SMILES string of the molecule is CCOC(COc1ccc([C@H]2c3ccc(O)cc3CC[C@H]2c2ccccc2)cc1)OCC. The lowest BCUT2D eigenvalue weighted by Crippen LogP contribution is -2.25. The second-order valence-electron chi connectivity index (χ2n) is 8.14.